The molecule has 9 heteroatoms. The summed E-state index contributed by atoms with van der Waals surface area (Å²) in [6.45, 7) is 1.23. The first kappa shape index (κ1) is 17.1. The van der Waals surface area contributed by atoms with E-state index in [1.807, 2.05) is 18.2 Å². The van der Waals surface area contributed by atoms with E-state index in [0.717, 1.165) is 57.6 Å². The van der Waals surface area contributed by atoms with E-state index in [-0.39, 0.29) is 11.9 Å². The number of nitrogens with one attached hydrogen (secondary N) is 4. The third kappa shape index (κ3) is 2.66. The van der Waals surface area contributed by atoms with Crippen LogP contribution in [0, 0.1) is 5.92 Å². The van der Waals surface area contributed by atoms with Crippen molar-refractivity contribution in [3.05, 3.63) is 30.7 Å². The number of aromatic amines is 2. The van der Waals surface area contributed by atoms with E-state index >= 15 is 0 Å². The second-order valence-corrected chi connectivity index (χ2v) is 7.87. The van der Waals surface area contributed by atoms with E-state index in [0.29, 0.717) is 24.7 Å². The molecule has 1 aliphatic carbocycles. The Morgan fingerprint density at radius 2 is 2.20 bits per heavy atom. The Bertz CT molecular complexity index is 1290. The van der Waals surface area contributed by atoms with Crippen molar-refractivity contribution in [1.82, 2.24) is 19.9 Å². The minimum absolute atomic E-state index is 0.306. The highest BCUT2D eigenvalue weighted by atomic mass is 16.5. The Hall–Kier alpha value is -3.75. The van der Waals surface area contributed by atoms with Gasteiger partial charge in [-0.1, -0.05) is 0 Å². The second-order valence-electron chi connectivity index (χ2n) is 7.87. The number of imidazole rings is 1. The van der Waals surface area contributed by atoms with E-state index in [9.17, 15) is 4.79 Å². The van der Waals surface area contributed by atoms with Gasteiger partial charge in [-0.05, 0) is 30.9 Å². The van der Waals surface area contributed by atoms with Gasteiger partial charge in [0, 0.05) is 30.1 Å². The molecule has 6 rings (SSSR count). The summed E-state index contributed by atoms with van der Waals surface area (Å²) in [6, 6.07) is 5.56. The van der Waals surface area contributed by atoms with E-state index in [2.05, 4.69) is 30.6 Å². The molecule has 1 aromatic carbocycles. The quantitative estimate of drug-likeness (QED) is 0.348. The highest BCUT2D eigenvalue weighted by molar-refractivity contribution is 6.09. The molecule has 9 nitrogen and oxygen atoms in total. The van der Waals surface area contributed by atoms with Gasteiger partial charge in [0.05, 0.1) is 34.1 Å². The number of fused-ring (bicyclic) bond motifs is 1. The Balaban J connectivity index is 1.51. The number of ether oxygens (including phenoxy) is 1. The number of carbonyl (C=O) groups is 1. The molecule has 0 spiro atoms. The van der Waals surface area contributed by atoms with Crippen LogP contribution >= 0.6 is 0 Å². The van der Waals surface area contributed by atoms with Gasteiger partial charge in [0.2, 0.25) is 5.91 Å². The molecule has 30 heavy (non-hydrogen) atoms. The lowest BCUT2D eigenvalue weighted by Gasteiger charge is -2.17. The van der Waals surface area contributed by atoms with Crippen LogP contribution in [0.15, 0.2) is 30.7 Å². The number of carbonyl (C=O) groups excluding carboxylic acids is 1. The van der Waals surface area contributed by atoms with Crippen LogP contribution in [0.3, 0.4) is 0 Å². The minimum atomic E-state index is -0.364. The predicted molar refractivity (Wildman–Crippen MR) is 114 cm³/mol. The van der Waals surface area contributed by atoms with Crippen molar-refractivity contribution >= 4 is 39.3 Å². The fourth-order valence-corrected chi connectivity index (χ4v) is 4.29. The summed E-state index contributed by atoms with van der Waals surface area (Å²) in [5.41, 5.74) is 11.8. The van der Waals surface area contributed by atoms with Gasteiger partial charge in [-0.25, -0.2) is 9.97 Å². The van der Waals surface area contributed by atoms with Crippen LogP contribution in [0.25, 0.3) is 33.3 Å². The van der Waals surface area contributed by atoms with E-state index in [1.165, 1.54) is 0 Å². The minimum Gasteiger partial charge on any atom is -0.491 e. The van der Waals surface area contributed by atoms with Crippen molar-refractivity contribution in [3.63, 3.8) is 0 Å². The molecule has 4 heterocycles. The lowest BCUT2D eigenvalue weighted by atomic mass is 10.1. The molecule has 3 aromatic heterocycles. The molecule has 0 saturated heterocycles. The third-order valence-corrected chi connectivity index (χ3v) is 5.84. The Kier molecular flexibility index (Phi) is 3.64. The molecule has 2 aliphatic rings. The van der Waals surface area contributed by atoms with Gasteiger partial charge in [0.25, 0.3) is 0 Å². The molecule has 152 valence electrons. The number of nitrogens with two attached hydrogens (primary N) is 1. The van der Waals surface area contributed by atoms with Crippen molar-refractivity contribution in [2.24, 2.45) is 11.7 Å². The molecule has 1 saturated carbocycles. The lowest BCUT2D eigenvalue weighted by molar-refractivity contribution is -0.119. The predicted octanol–water partition coefficient (Wildman–Crippen LogP) is 2.59. The number of H-pyrrole nitrogens is 2. The summed E-state index contributed by atoms with van der Waals surface area (Å²) < 4.78 is 6.03. The van der Waals surface area contributed by atoms with Crippen molar-refractivity contribution < 1.29 is 9.53 Å². The standard InChI is InChI=1S/C21H21N7O2/c22-20(29)16(10-1-2-10)27-11-7-13-15-14(8-11)30-6-5-23-19(15)17(28-13)12-3-4-24-21-18(12)25-9-26-21/h3-4,7-10,16,23,27-28H,1-2,5-6H2,(H2,22,29)(H,24,25,26)/t16-/m0/s1. The zero-order chi connectivity index (χ0) is 20.2. The monoisotopic (exact) mass is 403 g/mol. The Labute approximate surface area is 171 Å². The number of hydrogen-bond donors (Lipinski definition) is 5. The largest absolute Gasteiger partial charge is 0.491 e. The average molecular weight is 403 g/mol. The van der Waals surface area contributed by atoms with Crippen molar-refractivity contribution in [1.29, 1.82) is 0 Å². The highest BCUT2D eigenvalue weighted by Crippen LogP contribution is 2.44. The summed E-state index contributed by atoms with van der Waals surface area (Å²) in [5, 5.41) is 7.80. The number of nitrogens with zero attached hydrogens (tertiary/aromatic N) is 2. The lowest BCUT2D eigenvalue weighted by Crippen LogP contribution is -2.37. The van der Waals surface area contributed by atoms with E-state index in [4.69, 9.17) is 10.5 Å². The first-order valence-corrected chi connectivity index (χ1v) is 10.1. The Morgan fingerprint density at radius 3 is 3.03 bits per heavy atom. The van der Waals surface area contributed by atoms with Crippen molar-refractivity contribution in [2.75, 3.05) is 23.8 Å². The molecule has 0 bridgehead atoms. The van der Waals surface area contributed by atoms with E-state index < -0.39 is 0 Å². The highest BCUT2D eigenvalue weighted by Gasteiger charge is 2.35. The first-order valence-electron chi connectivity index (χ1n) is 10.1. The van der Waals surface area contributed by atoms with Crippen LogP contribution < -0.4 is 21.1 Å². The number of aromatic nitrogens is 4. The van der Waals surface area contributed by atoms with E-state index in [1.54, 1.807) is 12.5 Å². The molecule has 6 N–H and O–H groups in total. The molecular formula is C21H21N7O2. The van der Waals surface area contributed by atoms with Crippen molar-refractivity contribution in [3.8, 4) is 17.0 Å². The van der Waals surface area contributed by atoms with Gasteiger partial charge in [0.15, 0.2) is 5.65 Å². The van der Waals surface area contributed by atoms with Crippen LogP contribution in [0.5, 0.6) is 5.75 Å². The van der Waals surface area contributed by atoms with Gasteiger partial charge in [-0.3, -0.25) is 4.79 Å². The van der Waals surface area contributed by atoms with Gasteiger partial charge in [0.1, 0.15) is 18.4 Å². The van der Waals surface area contributed by atoms with Crippen LogP contribution in [0.4, 0.5) is 11.4 Å². The average Bonchev–Trinajstić information content (AvgIpc) is 3.40. The fraction of sp³-hybridized carbons (Fsp3) is 0.286. The number of primary amides is 1. The van der Waals surface area contributed by atoms with Crippen LogP contribution in [-0.2, 0) is 4.79 Å². The van der Waals surface area contributed by atoms with Gasteiger partial charge in [-0.2, -0.15) is 0 Å². The number of rotatable bonds is 5. The fourth-order valence-electron chi connectivity index (χ4n) is 4.29. The molecule has 1 amide bonds. The smallest absolute Gasteiger partial charge is 0.240 e. The van der Waals surface area contributed by atoms with Gasteiger partial charge >= 0.3 is 0 Å². The molecule has 1 fully saturated rings. The summed E-state index contributed by atoms with van der Waals surface area (Å²) in [5.74, 6) is 0.754. The first-order chi connectivity index (χ1) is 14.7. The Morgan fingerprint density at radius 1 is 1.30 bits per heavy atom. The summed E-state index contributed by atoms with van der Waals surface area (Å²) in [7, 11) is 0. The summed E-state index contributed by atoms with van der Waals surface area (Å²) >= 11 is 0. The normalized spacial score (nSPS) is 16.7. The van der Waals surface area contributed by atoms with Crippen LogP contribution in [0.1, 0.15) is 12.8 Å². The number of amides is 1. The van der Waals surface area contributed by atoms with Gasteiger partial charge < -0.3 is 31.1 Å². The maximum atomic E-state index is 11.9. The zero-order valence-corrected chi connectivity index (χ0v) is 16.2. The number of anilines is 2. The molecule has 1 atom stereocenters. The van der Waals surface area contributed by atoms with Crippen LogP contribution in [0.2, 0.25) is 0 Å². The maximum Gasteiger partial charge on any atom is 0.240 e. The summed E-state index contributed by atoms with van der Waals surface area (Å²) in [6.07, 6.45) is 5.45. The maximum absolute atomic E-state index is 11.9. The second kappa shape index (κ2) is 6.38. The third-order valence-electron chi connectivity index (χ3n) is 5.84. The number of hydrogen-bond acceptors (Lipinski definition) is 6. The van der Waals surface area contributed by atoms with Crippen LogP contribution in [-0.4, -0.2) is 45.0 Å². The molecular weight excluding hydrogens is 382 g/mol. The SMILES string of the molecule is NC(=O)[C@@H](Nc1cc2c3c(c(-c4ccnc5nc[nH]c45)[nH]c3c1)NCCO2)C1CC1. The number of pyridine rings is 1. The van der Waals surface area contributed by atoms with Gasteiger partial charge in [-0.15, -0.1) is 0 Å². The van der Waals surface area contributed by atoms with Crippen molar-refractivity contribution in [2.45, 2.75) is 18.9 Å². The molecule has 4 aromatic rings. The molecule has 0 unspecified atom stereocenters. The number of benzene rings is 1. The topological polar surface area (TPSA) is 134 Å². The summed E-state index contributed by atoms with van der Waals surface area (Å²) in [4.78, 5) is 27.2. The molecule has 0 radical (unpaired) electrons. The molecule has 1 aliphatic heterocycles. The zero-order valence-electron chi connectivity index (χ0n) is 16.2.